The molecular formula is C20H27N3O2. The molecule has 0 N–H and O–H groups in total. The number of rotatable bonds is 5. The average Bonchev–Trinajstić information content (AvgIpc) is 2.65. The molecule has 0 spiro atoms. The van der Waals surface area contributed by atoms with Gasteiger partial charge in [0.15, 0.2) is 0 Å². The SMILES string of the molecule is CCCC[C@@H]1CN(C(=O)c2cccc3nccnc23)C[C@H](C(C)C)O1. The summed E-state index contributed by atoms with van der Waals surface area (Å²) in [5, 5.41) is 0. The van der Waals surface area contributed by atoms with E-state index in [1.807, 2.05) is 23.1 Å². The van der Waals surface area contributed by atoms with Gasteiger partial charge in [0.05, 0.1) is 23.3 Å². The summed E-state index contributed by atoms with van der Waals surface area (Å²) in [6.45, 7) is 7.77. The van der Waals surface area contributed by atoms with Crippen LogP contribution in [0, 0.1) is 5.92 Å². The lowest BCUT2D eigenvalue weighted by Gasteiger charge is -2.40. The first-order valence-corrected chi connectivity index (χ1v) is 9.24. The summed E-state index contributed by atoms with van der Waals surface area (Å²) in [5.74, 6) is 0.411. The van der Waals surface area contributed by atoms with Crippen molar-refractivity contribution in [2.75, 3.05) is 13.1 Å². The van der Waals surface area contributed by atoms with Crippen molar-refractivity contribution in [1.82, 2.24) is 14.9 Å². The largest absolute Gasteiger partial charge is 0.371 e. The second-order valence-corrected chi connectivity index (χ2v) is 7.12. The molecule has 1 fully saturated rings. The number of carbonyl (C=O) groups excluding carboxylic acids is 1. The van der Waals surface area contributed by atoms with Crippen molar-refractivity contribution in [1.29, 1.82) is 0 Å². The van der Waals surface area contributed by atoms with E-state index in [9.17, 15) is 4.79 Å². The minimum absolute atomic E-state index is 0.0292. The summed E-state index contributed by atoms with van der Waals surface area (Å²) in [7, 11) is 0. The van der Waals surface area contributed by atoms with Crippen LogP contribution in [0.4, 0.5) is 0 Å². The lowest BCUT2D eigenvalue weighted by molar-refractivity contribution is -0.0962. The molecule has 2 atom stereocenters. The summed E-state index contributed by atoms with van der Waals surface area (Å²) >= 11 is 0. The Hall–Kier alpha value is -2.01. The van der Waals surface area contributed by atoms with E-state index in [2.05, 4.69) is 30.7 Å². The Labute approximate surface area is 149 Å². The zero-order chi connectivity index (χ0) is 17.8. The Bertz CT molecular complexity index is 726. The van der Waals surface area contributed by atoms with Gasteiger partial charge in [-0.1, -0.05) is 39.7 Å². The molecule has 1 aromatic carbocycles. The molecule has 25 heavy (non-hydrogen) atoms. The minimum Gasteiger partial charge on any atom is -0.371 e. The number of benzene rings is 1. The van der Waals surface area contributed by atoms with Crippen molar-refractivity contribution in [2.24, 2.45) is 5.92 Å². The van der Waals surface area contributed by atoms with E-state index in [0.717, 1.165) is 24.8 Å². The topological polar surface area (TPSA) is 55.3 Å². The Morgan fingerprint density at radius 2 is 2.08 bits per heavy atom. The van der Waals surface area contributed by atoms with E-state index < -0.39 is 0 Å². The van der Waals surface area contributed by atoms with Crippen LogP contribution >= 0.6 is 0 Å². The lowest BCUT2D eigenvalue weighted by atomic mass is 10.0. The number of hydrogen-bond acceptors (Lipinski definition) is 4. The quantitative estimate of drug-likeness (QED) is 0.832. The van der Waals surface area contributed by atoms with Gasteiger partial charge in [0.2, 0.25) is 0 Å². The van der Waals surface area contributed by atoms with Gasteiger partial charge in [-0.3, -0.25) is 14.8 Å². The fourth-order valence-corrected chi connectivity index (χ4v) is 3.33. The maximum Gasteiger partial charge on any atom is 0.256 e. The number of ether oxygens (including phenoxy) is 1. The summed E-state index contributed by atoms with van der Waals surface area (Å²) < 4.78 is 6.23. The Morgan fingerprint density at radius 1 is 1.28 bits per heavy atom. The second-order valence-electron chi connectivity index (χ2n) is 7.12. The molecule has 1 aromatic heterocycles. The first-order valence-electron chi connectivity index (χ1n) is 9.24. The molecule has 3 rings (SSSR count). The third kappa shape index (κ3) is 3.98. The maximum atomic E-state index is 13.2. The highest BCUT2D eigenvalue weighted by molar-refractivity contribution is 6.04. The van der Waals surface area contributed by atoms with E-state index in [1.54, 1.807) is 12.4 Å². The second kappa shape index (κ2) is 7.91. The number of fused-ring (bicyclic) bond motifs is 1. The Morgan fingerprint density at radius 3 is 2.84 bits per heavy atom. The van der Waals surface area contributed by atoms with E-state index in [1.165, 1.54) is 0 Å². The molecular weight excluding hydrogens is 314 g/mol. The average molecular weight is 341 g/mol. The van der Waals surface area contributed by atoms with Gasteiger partial charge in [0, 0.05) is 25.5 Å². The van der Waals surface area contributed by atoms with Crippen molar-refractivity contribution in [3.63, 3.8) is 0 Å². The molecule has 2 heterocycles. The van der Waals surface area contributed by atoms with Crippen molar-refractivity contribution in [2.45, 2.75) is 52.2 Å². The van der Waals surface area contributed by atoms with E-state index in [0.29, 0.717) is 30.1 Å². The van der Waals surface area contributed by atoms with Crippen LogP contribution in [0.1, 0.15) is 50.4 Å². The number of para-hydroxylation sites is 1. The molecule has 1 aliphatic rings. The molecule has 0 aliphatic carbocycles. The highest BCUT2D eigenvalue weighted by Crippen LogP contribution is 2.24. The fraction of sp³-hybridized carbons (Fsp3) is 0.550. The number of amides is 1. The number of carbonyl (C=O) groups is 1. The predicted molar refractivity (Wildman–Crippen MR) is 98.5 cm³/mol. The zero-order valence-electron chi connectivity index (χ0n) is 15.3. The maximum absolute atomic E-state index is 13.2. The van der Waals surface area contributed by atoms with Crippen LogP contribution in [0.25, 0.3) is 11.0 Å². The van der Waals surface area contributed by atoms with Crippen LogP contribution in [0.2, 0.25) is 0 Å². The first kappa shape index (κ1) is 17.8. The number of morpholine rings is 1. The molecule has 1 aliphatic heterocycles. The van der Waals surface area contributed by atoms with Gasteiger partial charge < -0.3 is 9.64 Å². The van der Waals surface area contributed by atoms with Crippen molar-refractivity contribution in [3.8, 4) is 0 Å². The summed E-state index contributed by atoms with van der Waals surface area (Å²) in [5.41, 5.74) is 2.06. The number of nitrogens with zero attached hydrogens (tertiary/aromatic N) is 3. The molecule has 0 bridgehead atoms. The van der Waals surface area contributed by atoms with Gasteiger partial charge in [-0.05, 0) is 24.5 Å². The van der Waals surface area contributed by atoms with Crippen molar-refractivity contribution >= 4 is 16.9 Å². The molecule has 2 aromatic rings. The Balaban J connectivity index is 1.86. The van der Waals surface area contributed by atoms with Crippen molar-refractivity contribution in [3.05, 3.63) is 36.2 Å². The highest BCUT2D eigenvalue weighted by atomic mass is 16.5. The van der Waals surface area contributed by atoms with Crippen LogP contribution in [0.15, 0.2) is 30.6 Å². The number of unbranched alkanes of at least 4 members (excludes halogenated alkanes) is 1. The van der Waals surface area contributed by atoms with E-state index in [4.69, 9.17) is 4.74 Å². The van der Waals surface area contributed by atoms with Crippen LogP contribution in [-0.4, -0.2) is 46.1 Å². The normalized spacial score (nSPS) is 21.0. The molecule has 0 unspecified atom stereocenters. The van der Waals surface area contributed by atoms with Gasteiger partial charge in [0.25, 0.3) is 5.91 Å². The zero-order valence-corrected chi connectivity index (χ0v) is 15.3. The number of hydrogen-bond donors (Lipinski definition) is 0. The van der Waals surface area contributed by atoms with Crippen molar-refractivity contribution < 1.29 is 9.53 Å². The van der Waals surface area contributed by atoms with Gasteiger partial charge in [0.1, 0.15) is 5.52 Å². The summed E-state index contributed by atoms with van der Waals surface area (Å²) in [4.78, 5) is 23.8. The first-order chi connectivity index (χ1) is 12.1. The predicted octanol–water partition coefficient (Wildman–Crippen LogP) is 3.69. The third-order valence-corrected chi connectivity index (χ3v) is 4.83. The van der Waals surface area contributed by atoms with Crippen LogP contribution in [0.5, 0.6) is 0 Å². The fourth-order valence-electron chi connectivity index (χ4n) is 3.33. The molecule has 1 amide bonds. The van der Waals surface area contributed by atoms with Crippen LogP contribution < -0.4 is 0 Å². The van der Waals surface area contributed by atoms with Crippen LogP contribution in [0.3, 0.4) is 0 Å². The molecule has 0 saturated carbocycles. The summed E-state index contributed by atoms with van der Waals surface area (Å²) in [6.07, 6.45) is 6.75. The van der Waals surface area contributed by atoms with Crippen LogP contribution in [-0.2, 0) is 4.74 Å². The molecule has 0 radical (unpaired) electrons. The summed E-state index contributed by atoms with van der Waals surface area (Å²) in [6, 6.07) is 5.61. The molecule has 1 saturated heterocycles. The van der Waals surface area contributed by atoms with Gasteiger partial charge in [-0.15, -0.1) is 0 Å². The minimum atomic E-state index is 0.0292. The third-order valence-electron chi connectivity index (χ3n) is 4.83. The van der Waals surface area contributed by atoms with Gasteiger partial charge >= 0.3 is 0 Å². The van der Waals surface area contributed by atoms with Gasteiger partial charge in [-0.25, -0.2) is 0 Å². The smallest absolute Gasteiger partial charge is 0.256 e. The molecule has 134 valence electrons. The standard InChI is InChI=1S/C20H27N3O2/c1-4-5-7-15-12-23(13-18(25-15)14(2)3)20(24)16-8-6-9-17-19(16)22-11-10-21-17/h6,8-11,14-15,18H,4-5,7,12-13H2,1-3H3/t15-,18-/m1/s1. The van der Waals surface area contributed by atoms with E-state index >= 15 is 0 Å². The lowest BCUT2D eigenvalue weighted by Crippen LogP contribution is -2.51. The molecule has 5 heteroatoms. The van der Waals surface area contributed by atoms with E-state index in [-0.39, 0.29) is 18.1 Å². The highest BCUT2D eigenvalue weighted by Gasteiger charge is 2.32. The molecule has 5 nitrogen and oxygen atoms in total. The Kier molecular flexibility index (Phi) is 5.63. The van der Waals surface area contributed by atoms with Gasteiger partial charge in [-0.2, -0.15) is 0 Å². The monoisotopic (exact) mass is 341 g/mol. The number of aromatic nitrogens is 2.